The minimum absolute atomic E-state index is 0.0333. The summed E-state index contributed by atoms with van der Waals surface area (Å²) in [4.78, 5) is 175. The molecule has 7 rings (SSSR count). The number of rotatable bonds is 39. The molecular formula is C79H102ClN15O13. The van der Waals surface area contributed by atoms with Crippen molar-refractivity contribution in [3.63, 3.8) is 0 Å². The third kappa shape index (κ3) is 27.6. The molecule has 10 atom stereocenters. The van der Waals surface area contributed by atoms with E-state index in [1.807, 2.05) is 70.2 Å². The highest BCUT2D eigenvalue weighted by molar-refractivity contribution is 6.30. The Labute approximate surface area is 634 Å². The quantitative estimate of drug-likeness (QED) is 0.0193. The van der Waals surface area contributed by atoms with E-state index >= 15 is 9.59 Å². The Balaban J connectivity index is 1.18. The molecule has 12 amide bonds. The number of carbonyl (C=O) groups excluding carboxylic acids is 12. The van der Waals surface area contributed by atoms with Crippen LogP contribution in [0.5, 0.6) is 0 Å². The van der Waals surface area contributed by atoms with Crippen molar-refractivity contribution in [2.75, 3.05) is 30.3 Å². The number of aromatic nitrogens is 1. The van der Waals surface area contributed by atoms with Gasteiger partial charge in [-0.15, -0.1) is 0 Å². The maximum Gasteiger partial charge on any atom is 0.245 e. The van der Waals surface area contributed by atoms with Gasteiger partial charge in [0, 0.05) is 94.3 Å². The van der Waals surface area contributed by atoms with Crippen LogP contribution in [0.1, 0.15) is 122 Å². The highest BCUT2D eigenvalue weighted by atomic mass is 35.5. The number of amides is 12. The molecule has 0 radical (unpaired) electrons. The number of likely N-dealkylation sites (tertiary alicyclic amines) is 1. The molecule has 28 nitrogen and oxygen atoms in total. The molecule has 1 saturated heterocycles. The summed E-state index contributed by atoms with van der Waals surface area (Å²) in [5.74, 6) is -8.60. The van der Waals surface area contributed by atoms with Crippen molar-refractivity contribution in [3.8, 4) is 0 Å². The monoisotopic (exact) mass is 1500 g/mol. The zero-order valence-electron chi connectivity index (χ0n) is 62.3. The number of nitrogens with one attached hydrogen (secondary N) is 12. The van der Waals surface area contributed by atoms with Gasteiger partial charge < -0.3 is 79.5 Å². The maximum absolute atomic E-state index is 15.3. The van der Waals surface area contributed by atoms with Gasteiger partial charge in [-0.3, -0.25) is 62.5 Å². The molecule has 0 spiro atoms. The third-order valence-corrected chi connectivity index (χ3v) is 18.1. The molecule has 15 N–H and O–H groups in total. The van der Waals surface area contributed by atoms with Crippen molar-refractivity contribution >= 4 is 105 Å². The van der Waals surface area contributed by atoms with Crippen LogP contribution in [0.25, 0.3) is 10.8 Å². The number of fused-ring (bicyclic) bond motifs is 1. The van der Waals surface area contributed by atoms with E-state index in [0.29, 0.717) is 76.4 Å². The lowest BCUT2D eigenvalue weighted by Crippen LogP contribution is -2.62. The van der Waals surface area contributed by atoms with Crippen LogP contribution >= 0.6 is 11.6 Å². The lowest BCUT2D eigenvalue weighted by Gasteiger charge is -2.31. The van der Waals surface area contributed by atoms with E-state index in [2.05, 4.69) is 68.8 Å². The van der Waals surface area contributed by atoms with Gasteiger partial charge in [0.2, 0.25) is 70.9 Å². The fourth-order valence-electron chi connectivity index (χ4n) is 12.6. The van der Waals surface area contributed by atoms with Crippen LogP contribution in [0.15, 0.2) is 140 Å². The molecular weight excluding hydrogens is 1400 g/mol. The molecule has 6 aromatic rings. The number of hydrogen-bond acceptors (Lipinski definition) is 16. The van der Waals surface area contributed by atoms with Crippen molar-refractivity contribution < 1.29 is 62.6 Å². The summed E-state index contributed by atoms with van der Waals surface area (Å²) < 4.78 is 0. The summed E-state index contributed by atoms with van der Waals surface area (Å²) >= 11 is 6.26. The minimum Gasteiger partial charge on any atom is -0.394 e. The topological polar surface area (TPSA) is 412 Å². The average Bonchev–Trinajstić information content (AvgIpc) is 1.25. The summed E-state index contributed by atoms with van der Waals surface area (Å²) in [6.45, 7) is 13.0. The number of hydrogen-bond donors (Lipinski definition) is 14. The minimum atomic E-state index is -1.84. The van der Waals surface area contributed by atoms with Crippen LogP contribution in [0.3, 0.4) is 0 Å². The number of unbranched alkanes of at least 4 members (excludes halogenated alkanes) is 1. The van der Waals surface area contributed by atoms with Crippen LogP contribution < -0.4 is 69.5 Å². The number of pyridine rings is 1. The van der Waals surface area contributed by atoms with E-state index in [0.717, 1.165) is 10.8 Å². The van der Waals surface area contributed by atoms with Crippen molar-refractivity contribution in [3.05, 3.63) is 173 Å². The molecule has 0 unspecified atom stereocenters. The summed E-state index contributed by atoms with van der Waals surface area (Å²) in [6, 6.07) is 23.5. The normalized spacial score (nSPS) is 15.1. The van der Waals surface area contributed by atoms with Crippen LogP contribution in [0.4, 0.5) is 11.4 Å². The Morgan fingerprint density at radius 1 is 0.491 bits per heavy atom. The molecule has 1 aliphatic rings. The van der Waals surface area contributed by atoms with Crippen LogP contribution in [-0.2, 0) is 89.6 Å². The van der Waals surface area contributed by atoms with E-state index in [1.54, 1.807) is 91.9 Å². The Morgan fingerprint density at radius 2 is 0.935 bits per heavy atom. The number of nitrogens with zero attached hydrogens (tertiary/aromatic N) is 2. The summed E-state index contributed by atoms with van der Waals surface area (Å²) in [6.07, 6.45) is 3.65. The van der Waals surface area contributed by atoms with Gasteiger partial charge in [0.05, 0.1) is 12.8 Å². The predicted octanol–water partition coefficient (Wildman–Crippen LogP) is 3.84. The van der Waals surface area contributed by atoms with E-state index in [-0.39, 0.29) is 75.3 Å². The zero-order chi connectivity index (χ0) is 78.6. The number of aliphatic hydroxyl groups is 1. The van der Waals surface area contributed by atoms with E-state index in [1.165, 1.54) is 38.1 Å². The Kier molecular flexibility index (Phi) is 32.9. The molecule has 1 aromatic heterocycles. The number of aliphatic hydroxyl groups excluding tert-OH is 1. The first-order valence-corrected chi connectivity index (χ1v) is 36.8. The van der Waals surface area contributed by atoms with Crippen molar-refractivity contribution in [1.29, 1.82) is 0 Å². The molecule has 2 heterocycles. The van der Waals surface area contributed by atoms with Gasteiger partial charge in [-0.1, -0.05) is 124 Å². The maximum atomic E-state index is 15.3. The number of anilines is 2. The Hall–Kier alpha value is -10.7. The molecule has 578 valence electrons. The fourth-order valence-corrected chi connectivity index (χ4v) is 12.7. The number of nitrogens with two attached hydrogens (primary N) is 1. The highest BCUT2D eigenvalue weighted by Gasteiger charge is 2.40. The molecule has 1 fully saturated rings. The van der Waals surface area contributed by atoms with Crippen LogP contribution in [-0.4, -0.2) is 172 Å². The first-order valence-electron chi connectivity index (χ1n) is 36.5. The van der Waals surface area contributed by atoms with Crippen LogP contribution in [0, 0.1) is 5.92 Å². The van der Waals surface area contributed by atoms with Crippen molar-refractivity contribution in [2.24, 2.45) is 11.7 Å². The second-order valence-corrected chi connectivity index (χ2v) is 28.5. The van der Waals surface area contributed by atoms with Crippen molar-refractivity contribution in [1.82, 2.24) is 63.1 Å². The number of halogens is 1. The molecule has 0 bridgehead atoms. The van der Waals surface area contributed by atoms with Crippen molar-refractivity contribution in [2.45, 2.75) is 193 Å². The highest BCUT2D eigenvalue weighted by Crippen LogP contribution is 2.23. The van der Waals surface area contributed by atoms with Gasteiger partial charge in [-0.05, 0) is 139 Å². The largest absolute Gasteiger partial charge is 0.394 e. The summed E-state index contributed by atoms with van der Waals surface area (Å²) in [7, 11) is 0. The standard InChI is InChI=1S/C79H102ClN15O13/c1-46(2)37-63(71(100)88-62(18-11-12-35-83-47(3)4)79(108)95-36-14-19-70(95)78(107)84-48(5)81)89-73(102)66(40-53-23-30-60(31-24-53)85-49(6)97)91-75(104)67(41-54-25-32-61(33-26-54)86-50(7)98)93-77(106)69(45-96)94-76(105)68(43-56-15-13-34-82-44-56)92-74(103)65(39-52-21-28-59(80)29-22-52)90-72(101)64(87-51(8)99)42-55-20-27-57-16-9-10-17-58(57)38-55/h9-10,13,15-17,20-34,38,44,46-48,62-70,83,96H,11-12,14,18-19,35-37,39-43,45,81H2,1-8H3,(H,84,107)(H,85,97)(H,86,98)(H,87,99)(H,88,100)(H,89,102)(H,90,101)(H,91,104)(H,92,103)(H,93,106)(H,94,105)/t48-,62+,63+,64+,65-,66-,67+,68-,69+,70+/m1/s1. The lowest BCUT2D eigenvalue weighted by molar-refractivity contribution is -0.142. The van der Waals surface area contributed by atoms with E-state index < -0.39 is 126 Å². The van der Waals surface area contributed by atoms with Gasteiger partial charge >= 0.3 is 0 Å². The Morgan fingerprint density at radius 3 is 1.41 bits per heavy atom. The zero-order valence-corrected chi connectivity index (χ0v) is 63.1. The molecule has 108 heavy (non-hydrogen) atoms. The first-order chi connectivity index (χ1) is 51.5. The molecule has 29 heteroatoms. The second-order valence-electron chi connectivity index (χ2n) is 28.0. The summed E-state index contributed by atoms with van der Waals surface area (Å²) in [5.41, 5.74) is 9.34. The van der Waals surface area contributed by atoms with E-state index in [4.69, 9.17) is 17.3 Å². The molecule has 1 aliphatic heterocycles. The first kappa shape index (κ1) is 84.6. The van der Waals surface area contributed by atoms with Gasteiger partial charge in [-0.2, -0.15) is 0 Å². The summed E-state index contributed by atoms with van der Waals surface area (Å²) in [5, 5.41) is 46.7. The second kappa shape index (κ2) is 42.0. The Bertz CT molecular complexity index is 4070. The van der Waals surface area contributed by atoms with Gasteiger partial charge in [0.1, 0.15) is 54.4 Å². The number of benzene rings is 5. The van der Waals surface area contributed by atoms with Gasteiger partial charge in [-0.25, -0.2) is 0 Å². The van der Waals surface area contributed by atoms with Gasteiger partial charge in [0.15, 0.2) is 0 Å². The van der Waals surface area contributed by atoms with Gasteiger partial charge in [0.25, 0.3) is 0 Å². The smallest absolute Gasteiger partial charge is 0.245 e. The SMILES string of the molecule is CC(=O)Nc1ccc(C[C@H](NC(=O)[C@H](CO)NC(=O)[C@@H](Cc2cccnc2)NC(=O)[C@@H](Cc2ccc(Cl)cc2)NC(=O)[C@H](Cc2ccc3ccccc3c2)NC(C)=O)C(=O)N[C@H](Cc2ccc(NC(C)=O)cc2)C(=O)N[C@@H](CC(C)C)C(=O)N[C@@H](CCCCNC(C)C)C(=O)N2CCC[C@H]2C(=O)N[C@H](C)N)cc1. The fraction of sp³-hybridized carbons (Fsp3) is 0.430. The predicted molar refractivity (Wildman–Crippen MR) is 411 cm³/mol. The molecule has 0 aliphatic carbocycles. The lowest BCUT2D eigenvalue weighted by atomic mass is 9.99. The van der Waals surface area contributed by atoms with E-state index in [9.17, 15) is 53.1 Å². The molecule has 5 aromatic carbocycles. The molecule has 0 saturated carbocycles. The average molecular weight is 1510 g/mol. The third-order valence-electron chi connectivity index (χ3n) is 17.9. The van der Waals surface area contributed by atoms with Crippen LogP contribution in [0.2, 0.25) is 5.02 Å². The number of carbonyl (C=O) groups is 12.